The Labute approximate surface area is 335 Å². The van der Waals surface area contributed by atoms with Crippen LogP contribution < -0.4 is 0 Å². The molecule has 5 heteroatoms. The van der Waals surface area contributed by atoms with Crippen molar-refractivity contribution in [3.8, 4) is 33.5 Å². The summed E-state index contributed by atoms with van der Waals surface area (Å²) in [4.78, 5) is 17.7. The van der Waals surface area contributed by atoms with Gasteiger partial charge in [0.1, 0.15) is 23.2 Å². The van der Waals surface area contributed by atoms with E-state index in [1.54, 1.807) is 0 Å². The van der Waals surface area contributed by atoms with Gasteiger partial charge in [0.15, 0.2) is 5.84 Å². The van der Waals surface area contributed by atoms with Crippen molar-refractivity contribution in [1.29, 1.82) is 0 Å². The quantitative estimate of drug-likeness (QED) is 0.159. The third-order valence-electron chi connectivity index (χ3n) is 11.3. The van der Waals surface area contributed by atoms with Gasteiger partial charge >= 0.3 is 0 Å². The second kappa shape index (κ2) is 13.8. The highest BCUT2D eigenvalue weighted by molar-refractivity contribution is 6.25. The average molecular weight is 745 g/mol. The number of hydrogen-bond donors (Lipinski definition) is 0. The van der Waals surface area contributed by atoms with E-state index in [1.807, 2.05) is 24.3 Å². The first kappa shape index (κ1) is 33.7. The molecule has 2 aromatic heterocycles. The largest absolute Gasteiger partial charge is 0.455 e. The molecule has 58 heavy (non-hydrogen) atoms. The second-order valence-corrected chi connectivity index (χ2v) is 14.8. The van der Waals surface area contributed by atoms with E-state index >= 15 is 0 Å². The Kier molecular flexibility index (Phi) is 8.04. The Bertz CT molecular complexity index is 3240. The average Bonchev–Trinajstić information content (AvgIpc) is 3.68. The van der Waals surface area contributed by atoms with Crippen molar-refractivity contribution in [1.82, 2.24) is 9.88 Å². The van der Waals surface area contributed by atoms with Crippen LogP contribution >= 0.6 is 0 Å². The summed E-state index contributed by atoms with van der Waals surface area (Å²) in [5.41, 5.74) is 12.4. The molecule has 3 heterocycles. The van der Waals surface area contributed by atoms with Crippen molar-refractivity contribution in [2.45, 2.75) is 6.17 Å². The molecular weight excluding hydrogens is 709 g/mol. The zero-order valence-electron chi connectivity index (χ0n) is 31.7. The number of benzene rings is 8. The third kappa shape index (κ3) is 5.75. The Morgan fingerprint density at radius 3 is 1.79 bits per heavy atom. The SMILES string of the molecule is CN1C(c2ccccc2)=NC(c2cccc(-c3cccc(-c4ccc5oc6c(ccc7c(-c8ccccc8)nc8ccccc8c76)c5c4)c3)c2)=NC1c1ccccc1. The van der Waals surface area contributed by atoms with Crippen LogP contribution in [0.4, 0.5) is 0 Å². The van der Waals surface area contributed by atoms with Gasteiger partial charge in [-0.1, -0.05) is 158 Å². The number of hydrogen-bond acceptors (Lipinski definition) is 5. The third-order valence-corrected chi connectivity index (χ3v) is 11.3. The lowest BCUT2D eigenvalue weighted by atomic mass is 9.96. The van der Waals surface area contributed by atoms with Crippen LogP contribution in [-0.2, 0) is 0 Å². The lowest BCUT2D eigenvalue weighted by Crippen LogP contribution is -2.35. The molecule has 274 valence electrons. The van der Waals surface area contributed by atoms with Gasteiger partial charge in [-0.2, -0.15) is 0 Å². The Hall–Kier alpha value is -7.63. The summed E-state index contributed by atoms with van der Waals surface area (Å²) in [5, 5.41) is 5.43. The van der Waals surface area contributed by atoms with Crippen LogP contribution in [0.5, 0.6) is 0 Å². The van der Waals surface area contributed by atoms with Crippen molar-refractivity contribution in [2.24, 2.45) is 9.98 Å². The fraction of sp³-hybridized carbons (Fsp3) is 0.0377. The lowest BCUT2D eigenvalue weighted by Gasteiger charge is -2.32. The number of amidine groups is 2. The first-order valence-corrected chi connectivity index (χ1v) is 19.6. The van der Waals surface area contributed by atoms with Crippen LogP contribution in [0, 0.1) is 0 Å². The molecule has 0 saturated heterocycles. The monoisotopic (exact) mass is 744 g/mol. The van der Waals surface area contributed by atoms with E-state index in [9.17, 15) is 0 Å². The molecule has 0 radical (unpaired) electrons. The van der Waals surface area contributed by atoms with Crippen molar-refractivity contribution >= 4 is 55.3 Å². The molecular formula is C53H36N4O. The molecule has 8 aromatic carbocycles. The van der Waals surface area contributed by atoms with Crippen molar-refractivity contribution in [3.63, 3.8) is 0 Å². The molecule has 1 unspecified atom stereocenters. The zero-order chi connectivity index (χ0) is 38.6. The molecule has 0 N–H and O–H groups in total. The van der Waals surface area contributed by atoms with Crippen molar-refractivity contribution in [3.05, 3.63) is 211 Å². The van der Waals surface area contributed by atoms with Gasteiger partial charge in [-0.25, -0.2) is 15.0 Å². The van der Waals surface area contributed by atoms with Crippen LogP contribution in [0.25, 0.3) is 77.1 Å². The summed E-state index contributed by atoms with van der Waals surface area (Å²) >= 11 is 0. The number of para-hydroxylation sites is 1. The van der Waals surface area contributed by atoms with Gasteiger partial charge in [0.25, 0.3) is 0 Å². The van der Waals surface area contributed by atoms with E-state index in [0.29, 0.717) is 5.84 Å². The Morgan fingerprint density at radius 1 is 0.466 bits per heavy atom. The molecule has 0 amide bonds. The summed E-state index contributed by atoms with van der Waals surface area (Å²) in [7, 11) is 2.07. The summed E-state index contributed by atoms with van der Waals surface area (Å²) in [5.74, 6) is 1.61. The number of pyridine rings is 1. The fourth-order valence-corrected chi connectivity index (χ4v) is 8.42. The minimum atomic E-state index is -0.205. The molecule has 10 aromatic rings. The molecule has 0 fully saturated rings. The highest BCUT2D eigenvalue weighted by atomic mass is 16.3. The van der Waals surface area contributed by atoms with Gasteiger partial charge in [-0.15, -0.1) is 0 Å². The van der Waals surface area contributed by atoms with Gasteiger partial charge in [0.2, 0.25) is 0 Å². The van der Waals surface area contributed by atoms with Crippen molar-refractivity contribution in [2.75, 3.05) is 7.05 Å². The fourth-order valence-electron chi connectivity index (χ4n) is 8.42. The normalized spacial score (nSPS) is 14.3. The minimum Gasteiger partial charge on any atom is -0.455 e. The summed E-state index contributed by atoms with van der Waals surface area (Å²) in [6.07, 6.45) is -0.205. The topological polar surface area (TPSA) is 54.0 Å². The number of aliphatic imine (C=N–C) groups is 2. The maximum atomic E-state index is 6.74. The summed E-state index contributed by atoms with van der Waals surface area (Å²) in [6, 6.07) is 67.8. The standard InChI is InChI=1S/C53H36N4O/c1-57-52(35-17-7-3-8-18-35)55-51(56-53(57)36-19-9-4-10-20-36)41-24-14-23-39(32-41)37-21-13-22-38(31-37)40-27-30-47-45(33-40)42-28-29-44-48(50(42)58-47)43-25-11-12-26-46(43)54-49(44)34-15-5-2-6-16-34/h2-33,52H,1H3. The molecule has 0 aliphatic carbocycles. The highest BCUT2D eigenvalue weighted by Crippen LogP contribution is 2.42. The van der Waals surface area contributed by atoms with E-state index < -0.39 is 0 Å². The van der Waals surface area contributed by atoms with Gasteiger partial charge in [0, 0.05) is 50.7 Å². The number of aromatic nitrogens is 1. The molecule has 0 spiro atoms. The smallest absolute Gasteiger partial charge is 0.159 e. The van der Waals surface area contributed by atoms with Crippen LogP contribution in [0.1, 0.15) is 22.9 Å². The number of nitrogens with zero attached hydrogens (tertiary/aromatic N) is 4. The summed E-state index contributed by atoms with van der Waals surface area (Å²) in [6.45, 7) is 0. The van der Waals surface area contributed by atoms with E-state index in [0.717, 1.165) is 99.7 Å². The second-order valence-electron chi connectivity index (χ2n) is 14.8. The van der Waals surface area contributed by atoms with Crippen LogP contribution in [-0.4, -0.2) is 28.6 Å². The highest BCUT2D eigenvalue weighted by Gasteiger charge is 2.27. The molecule has 11 rings (SSSR count). The molecule has 0 saturated carbocycles. The maximum absolute atomic E-state index is 6.74. The van der Waals surface area contributed by atoms with Crippen molar-refractivity contribution < 1.29 is 4.42 Å². The van der Waals surface area contributed by atoms with Gasteiger partial charge in [0.05, 0.1) is 11.2 Å². The maximum Gasteiger partial charge on any atom is 0.159 e. The molecule has 1 aliphatic rings. The summed E-state index contributed by atoms with van der Waals surface area (Å²) < 4.78 is 6.74. The van der Waals surface area contributed by atoms with Gasteiger partial charge in [-0.05, 0) is 64.2 Å². The van der Waals surface area contributed by atoms with Crippen LogP contribution in [0.2, 0.25) is 0 Å². The first-order valence-electron chi connectivity index (χ1n) is 19.6. The van der Waals surface area contributed by atoms with E-state index in [2.05, 4.69) is 182 Å². The number of rotatable bonds is 6. The van der Waals surface area contributed by atoms with E-state index in [1.165, 1.54) is 0 Å². The minimum absolute atomic E-state index is 0.205. The molecule has 5 nitrogen and oxygen atoms in total. The first-order chi connectivity index (χ1) is 28.7. The number of fused-ring (bicyclic) bond motifs is 7. The molecule has 0 bridgehead atoms. The van der Waals surface area contributed by atoms with Crippen LogP contribution in [0.3, 0.4) is 0 Å². The van der Waals surface area contributed by atoms with E-state index in [4.69, 9.17) is 19.4 Å². The predicted octanol–water partition coefficient (Wildman–Crippen LogP) is 13.1. The van der Waals surface area contributed by atoms with Crippen LogP contribution in [0.15, 0.2) is 209 Å². The van der Waals surface area contributed by atoms with E-state index in [-0.39, 0.29) is 6.17 Å². The Morgan fingerprint density at radius 2 is 1.05 bits per heavy atom. The predicted molar refractivity (Wildman–Crippen MR) is 239 cm³/mol. The zero-order valence-corrected chi connectivity index (χ0v) is 31.7. The van der Waals surface area contributed by atoms with Gasteiger partial charge in [-0.3, -0.25) is 0 Å². The molecule has 1 atom stereocenters. The molecule has 1 aliphatic heterocycles. The lowest BCUT2D eigenvalue weighted by molar-refractivity contribution is 0.383. The number of furan rings is 1. The van der Waals surface area contributed by atoms with Gasteiger partial charge < -0.3 is 9.32 Å². The Balaban J connectivity index is 0.991.